The average molecular weight is 365 g/mol. The summed E-state index contributed by atoms with van der Waals surface area (Å²) in [4.78, 5) is 35.4. The number of esters is 2. The van der Waals surface area contributed by atoms with Gasteiger partial charge in [-0.2, -0.15) is 4.98 Å². The molecule has 0 unspecified atom stereocenters. The zero-order chi connectivity index (χ0) is 18.9. The lowest BCUT2D eigenvalue weighted by atomic mass is 10.4. The van der Waals surface area contributed by atoms with E-state index in [1.54, 1.807) is 38.0 Å². The van der Waals surface area contributed by atoms with Crippen molar-refractivity contribution >= 4 is 29.1 Å². The molecule has 0 saturated heterocycles. The molecule has 0 bridgehead atoms. The Labute approximate surface area is 150 Å². The Kier molecular flexibility index (Phi) is 7.27. The van der Waals surface area contributed by atoms with Gasteiger partial charge >= 0.3 is 11.9 Å². The van der Waals surface area contributed by atoms with E-state index in [0.29, 0.717) is 17.1 Å². The van der Waals surface area contributed by atoms with Crippen LogP contribution in [0.15, 0.2) is 12.5 Å². The standard InChI is InChI=1S/C16H23N5O5/c1-4-13(22)24-7-11(8-25-14(23)5-2)26-10-21-9-19-12-6-18-16(17-3)20-15(12)21/h6,9,11H,4-5,7-8,10H2,1-3H3,(H,17,18,20). The Morgan fingerprint density at radius 1 is 1.15 bits per heavy atom. The van der Waals surface area contributed by atoms with E-state index < -0.39 is 6.10 Å². The van der Waals surface area contributed by atoms with Gasteiger partial charge in [-0.1, -0.05) is 13.8 Å². The van der Waals surface area contributed by atoms with Crippen molar-refractivity contribution in [3.05, 3.63) is 12.5 Å². The summed E-state index contributed by atoms with van der Waals surface area (Å²) < 4.78 is 17.6. The molecule has 10 nitrogen and oxygen atoms in total. The zero-order valence-corrected chi connectivity index (χ0v) is 15.1. The topological polar surface area (TPSA) is 117 Å². The molecule has 0 spiro atoms. The van der Waals surface area contributed by atoms with Crippen molar-refractivity contribution in [2.24, 2.45) is 0 Å². The molecule has 0 radical (unpaired) electrons. The first-order valence-electron chi connectivity index (χ1n) is 8.35. The number of rotatable bonds is 10. The molecule has 10 heteroatoms. The lowest BCUT2D eigenvalue weighted by Crippen LogP contribution is -2.29. The summed E-state index contributed by atoms with van der Waals surface area (Å²) in [6.07, 6.45) is 3.11. The van der Waals surface area contributed by atoms with E-state index in [9.17, 15) is 9.59 Å². The number of carbonyl (C=O) groups excluding carboxylic acids is 2. The first-order valence-corrected chi connectivity index (χ1v) is 8.35. The van der Waals surface area contributed by atoms with Gasteiger partial charge in [0.1, 0.15) is 31.6 Å². The molecule has 0 aliphatic heterocycles. The van der Waals surface area contributed by atoms with Crippen molar-refractivity contribution in [2.45, 2.75) is 39.5 Å². The summed E-state index contributed by atoms with van der Waals surface area (Å²) in [6.45, 7) is 3.49. The Morgan fingerprint density at radius 2 is 1.81 bits per heavy atom. The molecule has 0 fully saturated rings. The number of imidazole rings is 1. The zero-order valence-electron chi connectivity index (χ0n) is 15.1. The fourth-order valence-electron chi connectivity index (χ4n) is 1.98. The van der Waals surface area contributed by atoms with Crippen molar-refractivity contribution in [3.8, 4) is 0 Å². The molecule has 142 valence electrons. The largest absolute Gasteiger partial charge is 0.463 e. The number of ether oxygens (including phenoxy) is 3. The second-order valence-corrected chi connectivity index (χ2v) is 5.36. The normalized spacial score (nSPS) is 10.9. The minimum absolute atomic E-state index is 0.00690. The number of aromatic nitrogens is 4. The Bertz CT molecular complexity index is 728. The fourth-order valence-corrected chi connectivity index (χ4v) is 1.98. The van der Waals surface area contributed by atoms with Gasteiger partial charge in [-0.25, -0.2) is 9.97 Å². The predicted octanol–water partition coefficient (Wildman–Crippen LogP) is 1.12. The predicted molar refractivity (Wildman–Crippen MR) is 92.2 cm³/mol. The maximum absolute atomic E-state index is 11.4. The second kappa shape index (κ2) is 9.66. The summed E-state index contributed by atoms with van der Waals surface area (Å²) in [5, 5.41) is 2.86. The first kappa shape index (κ1) is 19.6. The Morgan fingerprint density at radius 3 is 2.38 bits per heavy atom. The average Bonchev–Trinajstić information content (AvgIpc) is 3.08. The van der Waals surface area contributed by atoms with Crippen LogP contribution in [0.1, 0.15) is 26.7 Å². The van der Waals surface area contributed by atoms with Crippen LogP contribution in [0.3, 0.4) is 0 Å². The second-order valence-electron chi connectivity index (χ2n) is 5.36. The van der Waals surface area contributed by atoms with E-state index in [1.165, 1.54) is 0 Å². The van der Waals surface area contributed by atoms with Crippen LogP contribution in [0.5, 0.6) is 0 Å². The van der Waals surface area contributed by atoms with Gasteiger partial charge in [-0.15, -0.1) is 0 Å². The van der Waals surface area contributed by atoms with Crippen LogP contribution in [0.2, 0.25) is 0 Å². The van der Waals surface area contributed by atoms with Gasteiger partial charge in [0.2, 0.25) is 5.95 Å². The maximum Gasteiger partial charge on any atom is 0.305 e. The van der Waals surface area contributed by atoms with Crippen LogP contribution in [0, 0.1) is 0 Å². The summed E-state index contributed by atoms with van der Waals surface area (Å²) in [6, 6.07) is 0. The van der Waals surface area contributed by atoms with Crippen LogP contribution in [0.25, 0.3) is 11.2 Å². The molecule has 0 saturated carbocycles. The molecular weight excluding hydrogens is 342 g/mol. The number of nitrogens with zero attached hydrogens (tertiary/aromatic N) is 4. The van der Waals surface area contributed by atoms with Crippen LogP contribution in [0.4, 0.5) is 5.95 Å². The van der Waals surface area contributed by atoms with E-state index in [-0.39, 0.29) is 44.7 Å². The summed E-state index contributed by atoms with van der Waals surface area (Å²) in [5.41, 5.74) is 1.22. The van der Waals surface area contributed by atoms with Crippen LogP contribution in [-0.4, -0.2) is 57.8 Å². The highest BCUT2D eigenvalue weighted by Crippen LogP contribution is 2.12. The molecule has 2 aromatic heterocycles. The molecule has 2 rings (SSSR count). The SMILES string of the molecule is CCC(=O)OCC(COC(=O)CC)OCn1cnc2cnc(NC)nc21. The maximum atomic E-state index is 11.4. The summed E-state index contributed by atoms with van der Waals surface area (Å²) in [5.74, 6) is -0.232. The molecule has 0 aliphatic rings. The van der Waals surface area contributed by atoms with E-state index >= 15 is 0 Å². The van der Waals surface area contributed by atoms with E-state index in [2.05, 4.69) is 20.3 Å². The third-order valence-corrected chi connectivity index (χ3v) is 3.47. The molecule has 2 aromatic rings. The third-order valence-electron chi connectivity index (χ3n) is 3.47. The molecule has 26 heavy (non-hydrogen) atoms. The van der Waals surface area contributed by atoms with Crippen molar-refractivity contribution in [1.29, 1.82) is 0 Å². The number of hydrogen-bond acceptors (Lipinski definition) is 9. The van der Waals surface area contributed by atoms with Gasteiger partial charge < -0.3 is 19.5 Å². The number of fused-ring (bicyclic) bond motifs is 1. The van der Waals surface area contributed by atoms with E-state index in [1.807, 2.05) is 0 Å². The van der Waals surface area contributed by atoms with Gasteiger partial charge in [0.25, 0.3) is 0 Å². The molecular formula is C16H23N5O5. The monoisotopic (exact) mass is 365 g/mol. The fraction of sp³-hybridized carbons (Fsp3) is 0.562. The molecule has 2 heterocycles. The number of carbonyl (C=O) groups is 2. The van der Waals surface area contributed by atoms with Crippen molar-refractivity contribution < 1.29 is 23.8 Å². The van der Waals surface area contributed by atoms with E-state index in [0.717, 1.165) is 0 Å². The smallest absolute Gasteiger partial charge is 0.305 e. The minimum Gasteiger partial charge on any atom is -0.463 e. The Hall–Kier alpha value is -2.75. The quantitative estimate of drug-likeness (QED) is 0.618. The van der Waals surface area contributed by atoms with Crippen molar-refractivity contribution in [2.75, 3.05) is 25.6 Å². The first-order chi connectivity index (χ1) is 12.6. The number of nitrogens with one attached hydrogen (secondary N) is 1. The molecule has 1 N–H and O–H groups in total. The highest BCUT2D eigenvalue weighted by atomic mass is 16.6. The van der Waals surface area contributed by atoms with Gasteiger partial charge in [0.05, 0.1) is 12.5 Å². The molecule has 0 amide bonds. The third kappa shape index (κ3) is 5.38. The Balaban J connectivity index is 2.02. The van der Waals surface area contributed by atoms with Crippen LogP contribution in [-0.2, 0) is 30.5 Å². The highest BCUT2D eigenvalue weighted by molar-refractivity contribution is 5.71. The van der Waals surface area contributed by atoms with Crippen molar-refractivity contribution in [1.82, 2.24) is 19.5 Å². The van der Waals surface area contributed by atoms with Crippen LogP contribution < -0.4 is 5.32 Å². The highest BCUT2D eigenvalue weighted by Gasteiger charge is 2.16. The molecule has 0 aromatic carbocycles. The summed E-state index contributed by atoms with van der Waals surface area (Å²) in [7, 11) is 1.72. The lowest BCUT2D eigenvalue weighted by molar-refractivity contribution is -0.157. The van der Waals surface area contributed by atoms with Gasteiger partial charge in [-0.05, 0) is 0 Å². The number of hydrogen-bond donors (Lipinski definition) is 1. The number of anilines is 1. The molecule has 0 atom stereocenters. The van der Waals surface area contributed by atoms with Gasteiger partial charge in [0.15, 0.2) is 5.65 Å². The van der Waals surface area contributed by atoms with E-state index in [4.69, 9.17) is 14.2 Å². The lowest BCUT2D eigenvalue weighted by Gasteiger charge is -2.18. The van der Waals surface area contributed by atoms with Gasteiger partial charge in [-0.3, -0.25) is 14.2 Å². The van der Waals surface area contributed by atoms with Crippen molar-refractivity contribution in [3.63, 3.8) is 0 Å². The van der Waals surface area contributed by atoms with Gasteiger partial charge in [0, 0.05) is 19.9 Å². The molecule has 0 aliphatic carbocycles. The van der Waals surface area contributed by atoms with Crippen LogP contribution >= 0.6 is 0 Å². The minimum atomic E-state index is -0.593. The summed E-state index contributed by atoms with van der Waals surface area (Å²) >= 11 is 0.